The van der Waals surface area contributed by atoms with Crippen LogP contribution in [-0.4, -0.2) is 30.6 Å². The number of pyridine rings is 1. The fourth-order valence-electron chi connectivity index (χ4n) is 2.67. The number of anilines is 1. The molecule has 5 nitrogen and oxygen atoms in total. The number of carbonyl (C=O) groups excluding carboxylic acids is 1. The highest BCUT2D eigenvalue weighted by molar-refractivity contribution is 6.30. The van der Waals surface area contributed by atoms with Gasteiger partial charge in [0.15, 0.2) is 0 Å². The van der Waals surface area contributed by atoms with Crippen LogP contribution >= 0.6 is 11.6 Å². The number of aromatic nitrogens is 1. The highest BCUT2D eigenvalue weighted by Gasteiger charge is 2.17. The fraction of sp³-hybridized carbons (Fsp3) is 0.333. The van der Waals surface area contributed by atoms with E-state index in [-0.39, 0.29) is 5.91 Å². The summed E-state index contributed by atoms with van der Waals surface area (Å²) >= 11 is 5.81. The second-order valence-corrected chi connectivity index (χ2v) is 6.25. The highest BCUT2D eigenvalue weighted by atomic mass is 35.5. The van der Waals surface area contributed by atoms with Crippen molar-refractivity contribution in [2.45, 2.75) is 12.8 Å². The maximum absolute atomic E-state index is 12.5. The van der Waals surface area contributed by atoms with E-state index in [9.17, 15) is 4.79 Å². The molecule has 24 heavy (non-hydrogen) atoms. The highest BCUT2D eigenvalue weighted by Crippen LogP contribution is 2.22. The van der Waals surface area contributed by atoms with Crippen molar-refractivity contribution < 1.29 is 9.53 Å². The Balaban J connectivity index is 1.66. The Kier molecular flexibility index (Phi) is 5.67. The molecule has 1 saturated heterocycles. The Morgan fingerprint density at radius 3 is 2.79 bits per heavy atom. The number of piperidine rings is 1. The lowest BCUT2D eigenvalue weighted by Gasteiger charge is -2.23. The Morgan fingerprint density at radius 1 is 1.25 bits per heavy atom. The van der Waals surface area contributed by atoms with Gasteiger partial charge in [0, 0.05) is 6.20 Å². The molecule has 0 aliphatic carbocycles. The average Bonchev–Trinajstić information content (AvgIpc) is 2.63. The number of ether oxygens (including phenoxy) is 1. The van der Waals surface area contributed by atoms with Crippen LogP contribution in [-0.2, 0) is 0 Å². The number of para-hydroxylation sites is 1. The van der Waals surface area contributed by atoms with Crippen LogP contribution in [0.1, 0.15) is 23.2 Å². The molecule has 6 heteroatoms. The zero-order chi connectivity index (χ0) is 16.8. The van der Waals surface area contributed by atoms with Gasteiger partial charge < -0.3 is 15.4 Å². The standard InChI is InChI=1S/C18H20ClN3O2/c19-14-5-6-17(21-11-14)22-18(23)15-3-1-2-4-16(15)24-12-13-7-9-20-10-8-13/h1-6,11,13,20H,7-10,12H2,(H,21,22,23). The van der Waals surface area contributed by atoms with Crippen molar-refractivity contribution in [3.63, 3.8) is 0 Å². The van der Waals surface area contributed by atoms with Crippen molar-refractivity contribution in [3.8, 4) is 5.75 Å². The van der Waals surface area contributed by atoms with Crippen molar-refractivity contribution in [2.75, 3.05) is 25.0 Å². The lowest BCUT2D eigenvalue weighted by Crippen LogP contribution is -2.30. The predicted octanol–water partition coefficient (Wildman–Crippen LogP) is 3.37. The quantitative estimate of drug-likeness (QED) is 0.872. The molecular formula is C18H20ClN3O2. The molecule has 0 unspecified atom stereocenters. The van der Waals surface area contributed by atoms with Crippen molar-refractivity contribution in [3.05, 3.63) is 53.2 Å². The molecule has 2 aromatic rings. The third kappa shape index (κ3) is 4.46. The Morgan fingerprint density at radius 2 is 2.04 bits per heavy atom. The molecular weight excluding hydrogens is 326 g/mol. The van der Waals surface area contributed by atoms with E-state index in [0.717, 1.165) is 25.9 Å². The molecule has 1 aliphatic heterocycles. The molecule has 126 valence electrons. The monoisotopic (exact) mass is 345 g/mol. The molecule has 0 bridgehead atoms. The number of hydrogen-bond donors (Lipinski definition) is 2. The van der Waals surface area contributed by atoms with Crippen LogP contribution in [0.2, 0.25) is 5.02 Å². The molecule has 1 fully saturated rings. The number of halogens is 1. The predicted molar refractivity (Wildman–Crippen MR) is 94.7 cm³/mol. The fourth-order valence-corrected chi connectivity index (χ4v) is 2.78. The van der Waals surface area contributed by atoms with Crippen LogP contribution in [0, 0.1) is 5.92 Å². The Labute approximate surface area is 146 Å². The molecule has 2 heterocycles. The molecule has 0 spiro atoms. The first-order valence-corrected chi connectivity index (χ1v) is 8.45. The van der Waals surface area contributed by atoms with Crippen molar-refractivity contribution in [2.24, 2.45) is 5.92 Å². The van der Waals surface area contributed by atoms with Crippen LogP contribution in [0.4, 0.5) is 5.82 Å². The number of hydrogen-bond acceptors (Lipinski definition) is 4. The van der Waals surface area contributed by atoms with Gasteiger partial charge in [0.1, 0.15) is 11.6 Å². The molecule has 1 aliphatic rings. The SMILES string of the molecule is O=C(Nc1ccc(Cl)cn1)c1ccccc1OCC1CCNCC1. The molecule has 1 amide bonds. The molecule has 0 atom stereocenters. The van der Waals surface area contributed by atoms with E-state index in [2.05, 4.69) is 15.6 Å². The molecule has 0 radical (unpaired) electrons. The third-order valence-electron chi connectivity index (χ3n) is 4.03. The van der Waals surface area contributed by atoms with E-state index in [1.807, 2.05) is 18.2 Å². The third-order valence-corrected chi connectivity index (χ3v) is 4.26. The summed E-state index contributed by atoms with van der Waals surface area (Å²) in [6.07, 6.45) is 3.70. The van der Waals surface area contributed by atoms with Crippen LogP contribution in [0.3, 0.4) is 0 Å². The summed E-state index contributed by atoms with van der Waals surface area (Å²) in [7, 11) is 0. The van der Waals surface area contributed by atoms with Crippen molar-refractivity contribution in [1.29, 1.82) is 0 Å². The van der Waals surface area contributed by atoms with Gasteiger partial charge in [0.05, 0.1) is 17.2 Å². The second-order valence-electron chi connectivity index (χ2n) is 5.82. The molecule has 3 rings (SSSR count). The average molecular weight is 346 g/mol. The zero-order valence-electron chi connectivity index (χ0n) is 13.3. The maximum Gasteiger partial charge on any atom is 0.260 e. The molecule has 2 N–H and O–H groups in total. The molecule has 1 aromatic heterocycles. The smallest absolute Gasteiger partial charge is 0.260 e. The topological polar surface area (TPSA) is 63.2 Å². The summed E-state index contributed by atoms with van der Waals surface area (Å²) in [4.78, 5) is 16.6. The van der Waals surface area contributed by atoms with Gasteiger partial charge in [-0.3, -0.25) is 4.79 Å². The molecule has 1 aromatic carbocycles. The van der Waals surface area contributed by atoms with Gasteiger partial charge in [0.2, 0.25) is 0 Å². The van der Waals surface area contributed by atoms with Crippen LogP contribution in [0.5, 0.6) is 5.75 Å². The number of rotatable bonds is 5. The van der Waals surface area contributed by atoms with Gasteiger partial charge in [-0.25, -0.2) is 4.98 Å². The summed E-state index contributed by atoms with van der Waals surface area (Å²) in [5.41, 5.74) is 0.503. The number of carbonyl (C=O) groups is 1. The summed E-state index contributed by atoms with van der Waals surface area (Å²) < 4.78 is 5.92. The number of nitrogens with one attached hydrogen (secondary N) is 2. The van der Waals surface area contributed by atoms with E-state index in [0.29, 0.717) is 34.7 Å². The first-order valence-electron chi connectivity index (χ1n) is 8.08. The normalized spacial score (nSPS) is 15.0. The van der Waals surface area contributed by atoms with Gasteiger partial charge in [-0.1, -0.05) is 23.7 Å². The summed E-state index contributed by atoms with van der Waals surface area (Å²) in [6.45, 7) is 2.68. The van der Waals surface area contributed by atoms with E-state index < -0.39 is 0 Å². The maximum atomic E-state index is 12.5. The van der Waals surface area contributed by atoms with Crippen molar-refractivity contribution >= 4 is 23.3 Å². The van der Waals surface area contributed by atoms with E-state index in [1.54, 1.807) is 18.2 Å². The second kappa shape index (κ2) is 8.13. The minimum atomic E-state index is -0.245. The Bertz CT molecular complexity index is 685. The zero-order valence-corrected chi connectivity index (χ0v) is 14.1. The Hall–Kier alpha value is -2.11. The lowest BCUT2D eigenvalue weighted by molar-refractivity contribution is 0.102. The number of nitrogens with zero attached hydrogens (tertiary/aromatic N) is 1. The lowest BCUT2D eigenvalue weighted by atomic mass is 9.99. The first kappa shape index (κ1) is 16.7. The van der Waals surface area contributed by atoms with E-state index in [4.69, 9.17) is 16.3 Å². The number of benzene rings is 1. The summed E-state index contributed by atoms with van der Waals surface area (Å²) in [5.74, 6) is 1.34. The minimum Gasteiger partial charge on any atom is -0.492 e. The number of amides is 1. The van der Waals surface area contributed by atoms with Gasteiger partial charge >= 0.3 is 0 Å². The van der Waals surface area contributed by atoms with Gasteiger partial charge in [-0.05, 0) is 56.1 Å². The van der Waals surface area contributed by atoms with Crippen molar-refractivity contribution in [1.82, 2.24) is 10.3 Å². The van der Waals surface area contributed by atoms with Crippen LogP contribution in [0.25, 0.3) is 0 Å². The van der Waals surface area contributed by atoms with Crippen LogP contribution in [0.15, 0.2) is 42.6 Å². The van der Waals surface area contributed by atoms with Gasteiger partial charge in [0.25, 0.3) is 5.91 Å². The van der Waals surface area contributed by atoms with E-state index in [1.165, 1.54) is 6.20 Å². The minimum absolute atomic E-state index is 0.245. The molecule has 0 saturated carbocycles. The van der Waals surface area contributed by atoms with Gasteiger partial charge in [-0.15, -0.1) is 0 Å². The summed E-state index contributed by atoms with van der Waals surface area (Å²) in [5, 5.41) is 6.63. The van der Waals surface area contributed by atoms with Gasteiger partial charge in [-0.2, -0.15) is 0 Å². The van der Waals surface area contributed by atoms with E-state index >= 15 is 0 Å². The largest absolute Gasteiger partial charge is 0.492 e. The van der Waals surface area contributed by atoms with Crippen LogP contribution < -0.4 is 15.4 Å². The summed E-state index contributed by atoms with van der Waals surface area (Å²) in [6, 6.07) is 10.6. The first-order chi connectivity index (χ1) is 11.7.